The van der Waals surface area contributed by atoms with E-state index < -0.39 is 17.7 Å². The zero-order valence-electron chi connectivity index (χ0n) is 16.5. The van der Waals surface area contributed by atoms with Gasteiger partial charge in [0, 0.05) is 23.6 Å². The molecule has 2 aromatic carbocycles. The van der Waals surface area contributed by atoms with Crippen molar-refractivity contribution in [1.29, 1.82) is 0 Å². The largest absolute Gasteiger partial charge is 0.508 e. The molecular weight excluding hydrogens is 416 g/mol. The van der Waals surface area contributed by atoms with Gasteiger partial charge in [-0.1, -0.05) is 12.1 Å². The van der Waals surface area contributed by atoms with Crippen LogP contribution < -0.4 is 9.64 Å². The van der Waals surface area contributed by atoms with Gasteiger partial charge in [0.25, 0.3) is 5.78 Å². The van der Waals surface area contributed by atoms with Gasteiger partial charge in [-0.3, -0.25) is 14.5 Å². The van der Waals surface area contributed by atoms with E-state index in [1.54, 1.807) is 41.9 Å². The van der Waals surface area contributed by atoms with E-state index in [1.807, 2.05) is 6.92 Å². The van der Waals surface area contributed by atoms with Gasteiger partial charge in [-0.15, -0.1) is 11.3 Å². The Morgan fingerprint density at radius 1 is 1.23 bits per heavy atom. The topological polar surface area (TPSA) is 100.0 Å². The molecule has 0 unspecified atom stereocenters. The third-order valence-electron chi connectivity index (χ3n) is 5.43. The zero-order chi connectivity index (χ0) is 21.7. The number of Topliss-reactive ketones (excluding diaryl/α,β-unsaturated/α-hetero) is 1. The Morgan fingerprint density at radius 2 is 2.06 bits per heavy atom. The minimum Gasteiger partial charge on any atom is -0.508 e. The number of fused-ring (bicyclic) bond motifs is 1. The van der Waals surface area contributed by atoms with E-state index in [1.165, 1.54) is 28.4 Å². The maximum absolute atomic E-state index is 13.1. The number of aliphatic hydroxyl groups excluding tert-OH is 1. The maximum atomic E-state index is 13.1. The molecule has 1 fully saturated rings. The number of hydrogen-bond donors (Lipinski definition) is 2. The quantitative estimate of drug-likeness (QED) is 0.370. The number of carbonyl (C=O) groups excluding carboxylic acids is 2. The van der Waals surface area contributed by atoms with Crippen molar-refractivity contribution in [2.45, 2.75) is 25.5 Å². The number of aromatic hydroxyl groups is 1. The molecule has 1 amide bonds. The summed E-state index contributed by atoms with van der Waals surface area (Å²) in [5, 5.41) is 23.2. The number of phenolic OH excluding ortho intramolecular Hbond substituents is 1. The number of rotatable bonds is 3. The van der Waals surface area contributed by atoms with Crippen molar-refractivity contribution in [2.24, 2.45) is 0 Å². The number of amides is 1. The first-order chi connectivity index (χ1) is 14.9. The van der Waals surface area contributed by atoms with Crippen LogP contribution in [-0.2, 0) is 16.0 Å². The Hall–Kier alpha value is -3.65. The smallest absolute Gasteiger partial charge is 0.301 e. The molecule has 31 heavy (non-hydrogen) atoms. The number of aromatic nitrogens is 1. The summed E-state index contributed by atoms with van der Waals surface area (Å²) in [6, 6.07) is 10.6. The monoisotopic (exact) mass is 434 g/mol. The van der Waals surface area contributed by atoms with Crippen molar-refractivity contribution in [2.75, 3.05) is 4.90 Å². The number of benzene rings is 2. The van der Waals surface area contributed by atoms with Gasteiger partial charge in [-0.2, -0.15) is 0 Å². The van der Waals surface area contributed by atoms with Crippen LogP contribution in [0, 0.1) is 0 Å². The third kappa shape index (κ3) is 3.16. The number of ketones is 1. The highest BCUT2D eigenvalue weighted by molar-refractivity contribution is 7.14. The molecule has 2 aliphatic rings. The fraction of sp³-hybridized carbons (Fsp3) is 0.174. The summed E-state index contributed by atoms with van der Waals surface area (Å²) < 4.78 is 5.71. The van der Waals surface area contributed by atoms with Crippen LogP contribution in [0.25, 0.3) is 5.76 Å². The lowest BCUT2D eigenvalue weighted by Crippen LogP contribution is -2.29. The van der Waals surface area contributed by atoms with Crippen molar-refractivity contribution in [3.8, 4) is 11.5 Å². The van der Waals surface area contributed by atoms with Crippen LogP contribution >= 0.6 is 11.3 Å². The molecule has 7 nitrogen and oxygen atoms in total. The second-order valence-corrected chi connectivity index (χ2v) is 8.41. The van der Waals surface area contributed by atoms with E-state index in [0.29, 0.717) is 22.7 Å². The Morgan fingerprint density at radius 3 is 2.81 bits per heavy atom. The van der Waals surface area contributed by atoms with Gasteiger partial charge in [-0.25, -0.2) is 4.98 Å². The number of carbonyl (C=O) groups is 2. The fourth-order valence-corrected chi connectivity index (χ4v) is 4.77. The van der Waals surface area contributed by atoms with Gasteiger partial charge >= 0.3 is 5.91 Å². The van der Waals surface area contributed by atoms with E-state index in [4.69, 9.17) is 4.74 Å². The predicted octanol–water partition coefficient (Wildman–Crippen LogP) is 3.80. The van der Waals surface area contributed by atoms with Crippen molar-refractivity contribution < 1.29 is 24.5 Å². The lowest BCUT2D eigenvalue weighted by molar-refractivity contribution is -0.132. The summed E-state index contributed by atoms with van der Waals surface area (Å²) in [5.41, 5.74) is 1.81. The highest BCUT2D eigenvalue weighted by Gasteiger charge is 2.48. The van der Waals surface area contributed by atoms with Crippen molar-refractivity contribution in [1.82, 2.24) is 4.98 Å². The minimum absolute atomic E-state index is 0.00843. The Balaban J connectivity index is 1.69. The molecule has 3 heterocycles. The standard InChI is InChI=1S/C23H18N2O5S/c1-12-9-15-10-14(5-6-17(15)30-12)20(27)18-19(13-3-2-4-16(26)11-13)25(22(29)21(18)28)23-24-7-8-31-23/h2-8,10-12,19,26-27H,9H2,1H3/t12-,19-/m0/s1. The number of hydrogen-bond acceptors (Lipinski definition) is 7. The Bertz CT molecular complexity index is 1230. The van der Waals surface area contributed by atoms with Gasteiger partial charge in [-0.05, 0) is 48.4 Å². The zero-order valence-corrected chi connectivity index (χ0v) is 17.3. The van der Waals surface area contributed by atoms with Gasteiger partial charge < -0.3 is 14.9 Å². The van der Waals surface area contributed by atoms with Crippen molar-refractivity contribution >= 4 is 33.9 Å². The number of anilines is 1. The number of nitrogens with zero attached hydrogens (tertiary/aromatic N) is 2. The number of phenols is 1. The van der Waals surface area contributed by atoms with Crippen LogP contribution in [0.15, 0.2) is 59.6 Å². The molecule has 2 N–H and O–H groups in total. The highest BCUT2D eigenvalue weighted by Crippen LogP contribution is 2.43. The first kappa shape index (κ1) is 19.3. The molecule has 3 aromatic rings. The number of ether oxygens (including phenoxy) is 1. The molecule has 0 spiro atoms. The predicted molar refractivity (Wildman–Crippen MR) is 115 cm³/mol. The number of thiazole rings is 1. The van der Waals surface area contributed by atoms with E-state index in [2.05, 4.69) is 4.98 Å². The normalized spacial score (nSPS) is 21.9. The molecule has 0 saturated carbocycles. The molecule has 2 aliphatic heterocycles. The molecule has 156 valence electrons. The average molecular weight is 434 g/mol. The highest BCUT2D eigenvalue weighted by atomic mass is 32.1. The summed E-state index contributed by atoms with van der Waals surface area (Å²) in [6.45, 7) is 1.96. The van der Waals surface area contributed by atoms with E-state index >= 15 is 0 Å². The molecule has 0 radical (unpaired) electrons. The molecule has 0 bridgehead atoms. The Labute approximate surface area is 181 Å². The first-order valence-electron chi connectivity index (χ1n) is 9.73. The van der Waals surface area contributed by atoms with Crippen LogP contribution in [0.1, 0.15) is 29.7 Å². The second kappa shape index (κ2) is 7.24. The molecule has 1 aromatic heterocycles. The van der Waals surface area contributed by atoms with Crippen LogP contribution in [0.4, 0.5) is 5.13 Å². The van der Waals surface area contributed by atoms with Gasteiger partial charge in [0.05, 0.1) is 11.6 Å². The van der Waals surface area contributed by atoms with Crippen LogP contribution in [0.3, 0.4) is 0 Å². The summed E-state index contributed by atoms with van der Waals surface area (Å²) in [5.74, 6) is -1.11. The number of aliphatic hydroxyl groups is 1. The van der Waals surface area contributed by atoms with Gasteiger partial charge in [0.15, 0.2) is 5.13 Å². The minimum atomic E-state index is -0.915. The maximum Gasteiger partial charge on any atom is 0.301 e. The summed E-state index contributed by atoms with van der Waals surface area (Å²) >= 11 is 1.21. The molecule has 8 heteroatoms. The second-order valence-electron chi connectivity index (χ2n) is 7.53. The molecule has 1 saturated heterocycles. The molecule has 2 atom stereocenters. The lowest BCUT2D eigenvalue weighted by atomic mass is 9.94. The van der Waals surface area contributed by atoms with Crippen LogP contribution in [-0.4, -0.2) is 33.0 Å². The van der Waals surface area contributed by atoms with Crippen LogP contribution in [0.2, 0.25) is 0 Å². The van der Waals surface area contributed by atoms with Crippen molar-refractivity contribution in [3.05, 3.63) is 76.3 Å². The lowest BCUT2D eigenvalue weighted by Gasteiger charge is -2.23. The first-order valence-corrected chi connectivity index (χ1v) is 10.6. The third-order valence-corrected chi connectivity index (χ3v) is 6.20. The van der Waals surface area contributed by atoms with E-state index in [9.17, 15) is 19.8 Å². The molecule has 0 aliphatic carbocycles. The fourth-order valence-electron chi connectivity index (χ4n) is 4.10. The summed E-state index contributed by atoms with van der Waals surface area (Å²) in [4.78, 5) is 31.5. The molecule has 5 rings (SSSR count). The average Bonchev–Trinajstić information content (AvgIpc) is 3.45. The van der Waals surface area contributed by atoms with Crippen LogP contribution in [0.5, 0.6) is 11.5 Å². The summed E-state index contributed by atoms with van der Waals surface area (Å²) in [7, 11) is 0. The van der Waals surface area contributed by atoms with Gasteiger partial charge in [0.1, 0.15) is 23.4 Å². The van der Waals surface area contributed by atoms with E-state index in [-0.39, 0.29) is 23.2 Å². The van der Waals surface area contributed by atoms with E-state index in [0.717, 1.165) is 11.3 Å². The Kier molecular flexibility index (Phi) is 4.51. The molecular formula is C23H18N2O5S. The summed E-state index contributed by atoms with van der Waals surface area (Å²) in [6.07, 6.45) is 2.27. The SMILES string of the molecule is C[C@H]1Cc2cc(C(O)=C3C(=O)C(=O)N(c4nccs4)[C@H]3c3cccc(O)c3)ccc2O1. The van der Waals surface area contributed by atoms with Gasteiger partial charge in [0.2, 0.25) is 0 Å². The van der Waals surface area contributed by atoms with Crippen molar-refractivity contribution in [3.63, 3.8) is 0 Å².